The zero-order valence-electron chi connectivity index (χ0n) is 8.16. The van der Waals surface area contributed by atoms with Crippen molar-refractivity contribution in [2.75, 3.05) is 0 Å². The summed E-state index contributed by atoms with van der Waals surface area (Å²) in [5.41, 5.74) is 4.16. The van der Waals surface area contributed by atoms with E-state index in [1.165, 1.54) is 15.3 Å². The molecule has 2 heterocycles. The van der Waals surface area contributed by atoms with Gasteiger partial charge in [0.25, 0.3) is 0 Å². The molecule has 1 unspecified atom stereocenters. The van der Waals surface area contributed by atoms with Crippen LogP contribution in [-0.4, -0.2) is 0 Å². The molecule has 15 heavy (non-hydrogen) atoms. The van der Waals surface area contributed by atoms with Gasteiger partial charge in [-0.05, 0) is 52.0 Å². The Morgan fingerprint density at radius 3 is 2.67 bits per heavy atom. The highest BCUT2D eigenvalue weighted by Gasteiger charge is 2.17. The van der Waals surface area contributed by atoms with E-state index in [9.17, 15) is 0 Å². The third kappa shape index (κ3) is 2.32. The van der Waals surface area contributed by atoms with Crippen molar-refractivity contribution in [3.63, 3.8) is 0 Å². The van der Waals surface area contributed by atoms with E-state index in [4.69, 9.17) is 5.84 Å². The first kappa shape index (κ1) is 11.3. The van der Waals surface area contributed by atoms with E-state index in [1.807, 2.05) is 6.07 Å². The predicted molar refractivity (Wildman–Crippen MR) is 70.2 cm³/mol. The Kier molecular flexibility index (Phi) is 3.58. The normalized spacial score (nSPS) is 13.0. The van der Waals surface area contributed by atoms with E-state index >= 15 is 0 Å². The summed E-state index contributed by atoms with van der Waals surface area (Å²) < 4.78 is 1.13. The van der Waals surface area contributed by atoms with Crippen LogP contribution in [0.15, 0.2) is 27.4 Å². The van der Waals surface area contributed by atoms with Crippen molar-refractivity contribution in [1.82, 2.24) is 5.43 Å². The molecule has 5 heteroatoms. The van der Waals surface area contributed by atoms with Crippen LogP contribution in [0, 0.1) is 6.92 Å². The molecule has 1 atom stereocenters. The summed E-state index contributed by atoms with van der Waals surface area (Å²) in [5.74, 6) is 5.62. The minimum Gasteiger partial charge on any atom is -0.271 e. The first-order valence-electron chi connectivity index (χ1n) is 4.47. The lowest BCUT2D eigenvalue weighted by Crippen LogP contribution is -2.27. The zero-order valence-corrected chi connectivity index (χ0v) is 11.4. The summed E-state index contributed by atoms with van der Waals surface area (Å²) in [6.07, 6.45) is 0. The molecule has 0 aliphatic rings. The molecule has 0 aliphatic carbocycles. The van der Waals surface area contributed by atoms with Crippen molar-refractivity contribution in [3.05, 3.63) is 42.7 Å². The maximum atomic E-state index is 5.62. The quantitative estimate of drug-likeness (QED) is 0.673. The largest absolute Gasteiger partial charge is 0.271 e. The molecule has 0 aliphatic heterocycles. The molecule has 0 amide bonds. The maximum Gasteiger partial charge on any atom is 0.0897 e. The highest BCUT2D eigenvalue weighted by molar-refractivity contribution is 9.11. The van der Waals surface area contributed by atoms with Crippen LogP contribution in [0.1, 0.15) is 21.4 Å². The van der Waals surface area contributed by atoms with Crippen LogP contribution in [0.5, 0.6) is 0 Å². The fraction of sp³-hybridized carbons (Fsp3) is 0.200. The number of thiophene rings is 2. The molecule has 0 spiro atoms. The van der Waals surface area contributed by atoms with Gasteiger partial charge in [0.2, 0.25) is 0 Å². The van der Waals surface area contributed by atoms with Crippen molar-refractivity contribution >= 4 is 38.6 Å². The van der Waals surface area contributed by atoms with Crippen molar-refractivity contribution in [3.8, 4) is 0 Å². The number of nitrogens with two attached hydrogens (primary N) is 1. The Bertz CT molecular complexity index is 450. The Labute approximate surface area is 105 Å². The van der Waals surface area contributed by atoms with Gasteiger partial charge in [-0.2, -0.15) is 0 Å². The lowest BCUT2D eigenvalue weighted by molar-refractivity contribution is 0.653. The Hall–Kier alpha value is -0.200. The number of aryl methyl sites for hydroxylation is 1. The van der Waals surface area contributed by atoms with Gasteiger partial charge in [-0.3, -0.25) is 5.84 Å². The molecule has 0 saturated carbocycles. The molecule has 3 N–H and O–H groups in total. The predicted octanol–water partition coefficient (Wildman–Crippen LogP) is 3.43. The Morgan fingerprint density at radius 2 is 2.20 bits per heavy atom. The van der Waals surface area contributed by atoms with Gasteiger partial charge >= 0.3 is 0 Å². The molecule has 80 valence electrons. The average molecular weight is 303 g/mol. The van der Waals surface area contributed by atoms with Crippen molar-refractivity contribution in [1.29, 1.82) is 0 Å². The van der Waals surface area contributed by atoms with Crippen LogP contribution in [0.25, 0.3) is 0 Å². The summed E-state index contributed by atoms with van der Waals surface area (Å²) in [4.78, 5) is 2.52. The van der Waals surface area contributed by atoms with E-state index in [-0.39, 0.29) is 6.04 Å². The fourth-order valence-corrected chi connectivity index (χ4v) is 4.02. The second-order valence-electron chi connectivity index (χ2n) is 3.21. The SMILES string of the molecule is Cc1ccsc1C(NN)c1ccc(Br)s1. The third-order valence-corrected chi connectivity index (χ3v) is 4.98. The molecular weight excluding hydrogens is 292 g/mol. The van der Waals surface area contributed by atoms with Crippen molar-refractivity contribution < 1.29 is 0 Å². The Morgan fingerprint density at radius 1 is 1.40 bits per heavy atom. The van der Waals surface area contributed by atoms with Gasteiger partial charge in [0, 0.05) is 9.75 Å². The zero-order chi connectivity index (χ0) is 10.8. The highest BCUT2D eigenvalue weighted by atomic mass is 79.9. The molecule has 0 bridgehead atoms. The molecule has 0 saturated heterocycles. The smallest absolute Gasteiger partial charge is 0.0897 e. The lowest BCUT2D eigenvalue weighted by Gasteiger charge is -2.13. The lowest BCUT2D eigenvalue weighted by atomic mass is 10.1. The summed E-state index contributed by atoms with van der Waals surface area (Å²) >= 11 is 6.91. The van der Waals surface area contributed by atoms with E-state index in [1.54, 1.807) is 22.7 Å². The van der Waals surface area contributed by atoms with Gasteiger partial charge in [-0.25, -0.2) is 5.43 Å². The minimum atomic E-state index is 0.112. The van der Waals surface area contributed by atoms with Crippen LogP contribution >= 0.6 is 38.6 Å². The number of hydrogen-bond donors (Lipinski definition) is 2. The molecule has 0 radical (unpaired) electrons. The minimum absolute atomic E-state index is 0.112. The molecule has 2 aromatic rings. The van der Waals surface area contributed by atoms with Crippen molar-refractivity contribution in [2.45, 2.75) is 13.0 Å². The van der Waals surface area contributed by atoms with Gasteiger partial charge in [-0.1, -0.05) is 0 Å². The molecule has 0 fully saturated rings. The number of nitrogens with one attached hydrogen (secondary N) is 1. The van der Waals surface area contributed by atoms with Crippen LogP contribution in [-0.2, 0) is 0 Å². The van der Waals surface area contributed by atoms with E-state index in [0.29, 0.717) is 0 Å². The summed E-state index contributed by atoms with van der Waals surface area (Å²) in [6, 6.07) is 6.37. The first-order chi connectivity index (χ1) is 7.22. The average Bonchev–Trinajstić information content (AvgIpc) is 2.79. The van der Waals surface area contributed by atoms with E-state index in [0.717, 1.165) is 3.79 Å². The van der Waals surface area contributed by atoms with Gasteiger partial charge in [0.05, 0.1) is 9.83 Å². The molecule has 2 aromatic heterocycles. The standard InChI is InChI=1S/C10H11BrN2S2/c1-6-4-5-14-10(6)9(13-12)7-2-3-8(11)15-7/h2-5,9,13H,12H2,1H3. The second kappa shape index (κ2) is 4.76. The summed E-state index contributed by atoms with van der Waals surface area (Å²) in [5, 5.41) is 2.09. The molecule has 0 aromatic carbocycles. The van der Waals surface area contributed by atoms with Crippen LogP contribution in [0.4, 0.5) is 0 Å². The number of rotatable bonds is 3. The number of halogens is 1. The van der Waals surface area contributed by atoms with Gasteiger partial charge < -0.3 is 0 Å². The highest BCUT2D eigenvalue weighted by Crippen LogP contribution is 2.34. The molecular formula is C10H11BrN2S2. The first-order valence-corrected chi connectivity index (χ1v) is 6.96. The molecule has 2 rings (SSSR count). The third-order valence-electron chi connectivity index (χ3n) is 2.21. The summed E-state index contributed by atoms with van der Waals surface area (Å²) in [6.45, 7) is 2.11. The Balaban J connectivity index is 2.36. The van der Waals surface area contributed by atoms with Crippen LogP contribution in [0.2, 0.25) is 0 Å². The van der Waals surface area contributed by atoms with Gasteiger partial charge in [0.1, 0.15) is 0 Å². The van der Waals surface area contributed by atoms with E-state index < -0.39 is 0 Å². The molecule has 2 nitrogen and oxygen atoms in total. The maximum absolute atomic E-state index is 5.62. The monoisotopic (exact) mass is 302 g/mol. The van der Waals surface area contributed by atoms with Crippen molar-refractivity contribution in [2.24, 2.45) is 5.84 Å². The number of hydrogen-bond acceptors (Lipinski definition) is 4. The number of hydrazine groups is 1. The van der Waals surface area contributed by atoms with E-state index in [2.05, 4.69) is 45.8 Å². The van der Waals surface area contributed by atoms with Crippen LogP contribution in [0.3, 0.4) is 0 Å². The second-order valence-corrected chi connectivity index (χ2v) is 6.65. The summed E-state index contributed by atoms with van der Waals surface area (Å²) in [7, 11) is 0. The van der Waals surface area contributed by atoms with Gasteiger partial charge in [0.15, 0.2) is 0 Å². The van der Waals surface area contributed by atoms with Crippen LogP contribution < -0.4 is 11.3 Å². The topological polar surface area (TPSA) is 38.0 Å². The van der Waals surface area contributed by atoms with Gasteiger partial charge in [-0.15, -0.1) is 22.7 Å². The fourth-order valence-electron chi connectivity index (χ4n) is 1.45.